The maximum Gasteiger partial charge on any atom is 0.306 e. The average Bonchev–Trinajstić information content (AvgIpc) is 2.48. The van der Waals surface area contributed by atoms with Crippen LogP contribution in [-0.4, -0.2) is 35.6 Å². The molecular weight excluding hydrogens is 250 g/mol. The number of hydrogen-bond donors (Lipinski definition) is 1. The zero-order valence-corrected chi connectivity index (χ0v) is 12.3. The van der Waals surface area contributed by atoms with Crippen molar-refractivity contribution < 1.29 is 9.90 Å². The highest BCUT2D eigenvalue weighted by molar-refractivity contribution is 5.70. The van der Waals surface area contributed by atoms with Gasteiger partial charge in [-0.3, -0.25) is 4.79 Å². The van der Waals surface area contributed by atoms with E-state index in [0.29, 0.717) is 5.92 Å². The molecule has 3 heteroatoms. The van der Waals surface area contributed by atoms with Crippen molar-refractivity contribution in [3.8, 4) is 0 Å². The highest BCUT2D eigenvalue weighted by Gasteiger charge is 2.25. The third-order valence-electron chi connectivity index (χ3n) is 4.32. The molecule has 0 aromatic heterocycles. The fourth-order valence-corrected chi connectivity index (χ4v) is 3.11. The number of nitrogens with zero attached hydrogens (tertiary/aromatic N) is 1. The molecule has 0 saturated carbocycles. The quantitative estimate of drug-likeness (QED) is 0.865. The summed E-state index contributed by atoms with van der Waals surface area (Å²) in [5.41, 5.74) is 1.41. The summed E-state index contributed by atoms with van der Waals surface area (Å²) in [7, 11) is 0. The highest BCUT2D eigenvalue weighted by atomic mass is 16.4. The first-order chi connectivity index (χ1) is 9.70. The van der Waals surface area contributed by atoms with Crippen molar-refractivity contribution in [3.05, 3.63) is 35.9 Å². The van der Waals surface area contributed by atoms with Gasteiger partial charge < -0.3 is 10.0 Å². The van der Waals surface area contributed by atoms with Crippen molar-refractivity contribution >= 4 is 5.97 Å². The van der Waals surface area contributed by atoms with Gasteiger partial charge >= 0.3 is 5.97 Å². The molecule has 1 saturated heterocycles. The lowest BCUT2D eigenvalue weighted by Crippen LogP contribution is -2.38. The normalized spacial score (nSPS) is 18.9. The summed E-state index contributed by atoms with van der Waals surface area (Å²) in [6, 6.07) is 10.7. The Kier molecular flexibility index (Phi) is 5.60. The standard InChI is InChI=1S/C17H25NO2/c1-2-6-16(14-7-4-3-5-8-14)13-18-11-9-15(10-12-18)17(19)20/h3-5,7-8,15-16H,2,6,9-13H2,1H3,(H,19,20). The first-order valence-electron chi connectivity index (χ1n) is 7.70. The van der Waals surface area contributed by atoms with Crippen LogP contribution in [0.4, 0.5) is 0 Å². The van der Waals surface area contributed by atoms with Gasteiger partial charge in [-0.1, -0.05) is 43.7 Å². The zero-order valence-electron chi connectivity index (χ0n) is 12.3. The molecular formula is C17H25NO2. The van der Waals surface area contributed by atoms with E-state index in [2.05, 4.69) is 42.2 Å². The molecule has 0 bridgehead atoms. The van der Waals surface area contributed by atoms with Gasteiger partial charge in [0.05, 0.1) is 5.92 Å². The third-order valence-corrected chi connectivity index (χ3v) is 4.32. The van der Waals surface area contributed by atoms with E-state index < -0.39 is 5.97 Å². The van der Waals surface area contributed by atoms with Crippen molar-refractivity contribution in [2.45, 2.75) is 38.5 Å². The van der Waals surface area contributed by atoms with Gasteiger partial charge in [0.2, 0.25) is 0 Å². The summed E-state index contributed by atoms with van der Waals surface area (Å²) >= 11 is 0. The fraction of sp³-hybridized carbons (Fsp3) is 0.588. The van der Waals surface area contributed by atoms with Crippen LogP contribution in [0.1, 0.15) is 44.1 Å². The number of rotatable bonds is 6. The Hall–Kier alpha value is -1.35. The number of carboxylic acid groups (broad SMARTS) is 1. The van der Waals surface area contributed by atoms with Crippen molar-refractivity contribution in [1.29, 1.82) is 0 Å². The Morgan fingerprint density at radius 3 is 2.50 bits per heavy atom. The van der Waals surface area contributed by atoms with Gasteiger partial charge in [0.1, 0.15) is 0 Å². The van der Waals surface area contributed by atoms with Crippen molar-refractivity contribution in [1.82, 2.24) is 4.90 Å². The lowest BCUT2D eigenvalue weighted by atomic mass is 9.91. The Bertz CT molecular complexity index is 410. The summed E-state index contributed by atoms with van der Waals surface area (Å²) < 4.78 is 0. The van der Waals surface area contributed by atoms with Gasteiger partial charge in [-0.2, -0.15) is 0 Å². The topological polar surface area (TPSA) is 40.5 Å². The molecule has 20 heavy (non-hydrogen) atoms. The second-order valence-electron chi connectivity index (χ2n) is 5.81. The molecule has 110 valence electrons. The molecule has 1 aromatic rings. The van der Waals surface area contributed by atoms with Crippen LogP contribution in [0.3, 0.4) is 0 Å². The molecule has 1 aromatic carbocycles. The average molecular weight is 275 g/mol. The molecule has 0 spiro atoms. The second-order valence-corrected chi connectivity index (χ2v) is 5.81. The number of carbonyl (C=O) groups is 1. The fourth-order valence-electron chi connectivity index (χ4n) is 3.11. The Balaban J connectivity index is 1.91. The molecule has 3 nitrogen and oxygen atoms in total. The number of hydrogen-bond acceptors (Lipinski definition) is 2. The molecule has 0 radical (unpaired) electrons. The smallest absolute Gasteiger partial charge is 0.306 e. The first-order valence-corrected chi connectivity index (χ1v) is 7.70. The maximum atomic E-state index is 11.0. The molecule has 1 fully saturated rings. The van der Waals surface area contributed by atoms with Crippen molar-refractivity contribution in [2.75, 3.05) is 19.6 Å². The molecule has 1 N–H and O–H groups in total. The molecule has 1 aliphatic rings. The zero-order chi connectivity index (χ0) is 14.4. The van der Waals surface area contributed by atoms with Crippen LogP contribution < -0.4 is 0 Å². The molecule has 1 atom stereocenters. The molecule has 0 amide bonds. The van der Waals surface area contributed by atoms with E-state index in [1.165, 1.54) is 18.4 Å². The van der Waals surface area contributed by atoms with Crippen LogP contribution in [0.15, 0.2) is 30.3 Å². The van der Waals surface area contributed by atoms with E-state index in [0.717, 1.165) is 32.5 Å². The summed E-state index contributed by atoms with van der Waals surface area (Å²) in [4.78, 5) is 13.4. The van der Waals surface area contributed by atoms with Gasteiger partial charge in [0.25, 0.3) is 0 Å². The maximum absolute atomic E-state index is 11.0. The number of carboxylic acids is 1. The summed E-state index contributed by atoms with van der Waals surface area (Å²) in [6.07, 6.45) is 3.97. The van der Waals surface area contributed by atoms with Gasteiger partial charge in [-0.15, -0.1) is 0 Å². The number of benzene rings is 1. The van der Waals surface area contributed by atoms with Crippen LogP contribution in [0, 0.1) is 5.92 Å². The van der Waals surface area contributed by atoms with Crippen LogP contribution in [0.5, 0.6) is 0 Å². The highest BCUT2D eigenvalue weighted by Crippen LogP contribution is 2.25. The summed E-state index contributed by atoms with van der Waals surface area (Å²) in [5, 5.41) is 9.05. The van der Waals surface area contributed by atoms with Crippen LogP contribution in [0.2, 0.25) is 0 Å². The lowest BCUT2D eigenvalue weighted by Gasteiger charge is -2.33. The minimum atomic E-state index is -0.627. The van der Waals surface area contributed by atoms with E-state index in [4.69, 9.17) is 5.11 Å². The van der Waals surface area contributed by atoms with Crippen molar-refractivity contribution in [3.63, 3.8) is 0 Å². The Morgan fingerprint density at radius 2 is 1.95 bits per heavy atom. The van der Waals surface area contributed by atoms with E-state index in [-0.39, 0.29) is 5.92 Å². The molecule has 1 unspecified atom stereocenters. The van der Waals surface area contributed by atoms with Gasteiger partial charge in [0, 0.05) is 6.54 Å². The molecule has 1 aliphatic heterocycles. The summed E-state index contributed by atoms with van der Waals surface area (Å²) in [6.45, 7) is 5.13. The molecule has 2 rings (SSSR count). The van der Waals surface area contributed by atoms with Crippen LogP contribution >= 0.6 is 0 Å². The number of aliphatic carboxylic acids is 1. The van der Waals surface area contributed by atoms with Crippen molar-refractivity contribution in [2.24, 2.45) is 5.92 Å². The predicted octanol–water partition coefficient (Wildman–Crippen LogP) is 3.37. The van der Waals surface area contributed by atoms with Crippen LogP contribution in [0.25, 0.3) is 0 Å². The number of likely N-dealkylation sites (tertiary alicyclic amines) is 1. The Labute approximate surface area is 121 Å². The SMILES string of the molecule is CCCC(CN1CCC(C(=O)O)CC1)c1ccccc1. The molecule has 0 aliphatic carbocycles. The monoisotopic (exact) mass is 275 g/mol. The molecule has 1 heterocycles. The van der Waals surface area contributed by atoms with E-state index in [1.807, 2.05) is 0 Å². The second kappa shape index (κ2) is 7.44. The predicted molar refractivity (Wildman–Crippen MR) is 80.9 cm³/mol. The largest absolute Gasteiger partial charge is 0.481 e. The minimum Gasteiger partial charge on any atom is -0.481 e. The van der Waals surface area contributed by atoms with Gasteiger partial charge in [-0.05, 0) is 43.8 Å². The van der Waals surface area contributed by atoms with Crippen LogP contribution in [-0.2, 0) is 4.79 Å². The number of piperidine rings is 1. The lowest BCUT2D eigenvalue weighted by molar-refractivity contribution is -0.143. The minimum absolute atomic E-state index is 0.132. The summed E-state index contributed by atoms with van der Waals surface area (Å²) in [5.74, 6) is -0.187. The third kappa shape index (κ3) is 4.07. The van der Waals surface area contributed by atoms with E-state index in [1.54, 1.807) is 0 Å². The van der Waals surface area contributed by atoms with Gasteiger partial charge in [-0.25, -0.2) is 0 Å². The van der Waals surface area contributed by atoms with E-state index >= 15 is 0 Å². The first kappa shape index (κ1) is 15.0. The van der Waals surface area contributed by atoms with Gasteiger partial charge in [0.15, 0.2) is 0 Å². The van der Waals surface area contributed by atoms with E-state index in [9.17, 15) is 4.79 Å². The Morgan fingerprint density at radius 1 is 1.30 bits per heavy atom.